The van der Waals surface area contributed by atoms with E-state index in [0.717, 1.165) is 44.3 Å². The zero-order chi connectivity index (χ0) is 25.8. The molecule has 0 aromatic heterocycles. The third kappa shape index (κ3) is 11.5. The number of Topliss-reactive ketones (excluding diaryl/α,β-unsaturated/α-hetero) is 1. The normalized spacial score (nSPS) is 20.0. The lowest BCUT2D eigenvalue weighted by molar-refractivity contribution is -0.124. The monoisotopic (exact) mass is 491 g/mol. The summed E-state index contributed by atoms with van der Waals surface area (Å²) >= 11 is 0. The quantitative estimate of drug-likeness (QED) is 0.234. The first-order valence-electron chi connectivity index (χ1n) is 12.9. The molecule has 2 aliphatic carbocycles. The summed E-state index contributed by atoms with van der Waals surface area (Å²) in [6.45, 7) is 15.0. The van der Waals surface area contributed by atoms with E-state index in [4.69, 9.17) is 9.16 Å². The van der Waals surface area contributed by atoms with Gasteiger partial charge in [0, 0.05) is 39.2 Å². The van der Waals surface area contributed by atoms with E-state index in [1.165, 1.54) is 25.7 Å². The van der Waals surface area contributed by atoms with E-state index in [-0.39, 0.29) is 16.4 Å². The third-order valence-corrected chi connectivity index (χ3v) is 11.4. The second-order valence-electron chi connectivity index (χ2n) is 11.5. The Morgan fingerprint density at radius 1 is 1.06 bits per heavy atom. The molecule has 3 aliphatic rings. The Bertz CT molecular complexity index is 717. The fourth-order valence-electron chi connectivity index (χ4n) is 3.86. The van der Waals surface area contributed by atoms with E-state index in [0.29, 0.717) is 12.2 Å². The van der Waals surface area contributed by atoms with Gasteiger partial charge in [-0.3, -0.25) is 9.59 Å². The Kier molecular flexibility index (Phi) is 12.4. The lowest BCUT2D eigenvalue weighted by Gasteiger charge is -2.37. The molecule has 194 valence electrons. The van der Waals surface area contributed by atoms with Gasteiger partial charge in [0.15, 0.2) is 5.78 Å². The number of hydrogen-bond acceptors (Lipinski definition) is 5. The van der Waals surface area contributed by atoms with Crippen molar-refractivity contribution in [1.82, 2.24) is 4.90 Å². The van der Waals surface area contributed by atoms with Gasteiger partial charge >= 0.3 is 0 Å². The van der Waals surface area contributed by atoms with Gasteiger partial charge in [0.05, 0.1) is 18.4 Å². The molecule has 0 amide bonds. The standard InChI is InChI=1S/C12H25NOSi.C10H14O2.C6H10O/c1-11(9-10-13(5)6)14-15(7,8)12(2,3)4;11-9-4-7-12-10(8-9)5-2-1-3-6-10;7-6-4-2-1-3-5-6/h9-10H,1H2,2-8H3;4,7H,1-3,5-6,8H2;1-5H2/b10-9+;;. The van der Waals surface area contributed by atoms with Gasteiger partial charge in [-0.25, -0.2) is 0 Å². The van der Waals surface area contributed by atoms with Gasteiger partial charge in [0.25, 0.3) is 0 Å². The van der Waals surface area contributed by atoms with Crippen LogP contribution in [0.2, 0.25) is 18.1 Å². The largest absolute Gasteiger partial charge is 0.544 e. The number of hydrogen-bond donors (Lipinski definition) is 0. The number of carbonyl (C=O) groups excluding carboxylic acids is 2. The van der Waals surface area contributed by atoms with Gasteiger partial charge in [-0.05, 0) is 62.7 Å². The van der Waals surface area contributed by atoms with Crippen LogP contribution in [-0.4, -0.2) is 44.5 Å². The van der Waals surface area contributed by atoms with Crippen molar-refractivity contribution in [2.24, 2.45) is 0 Å². The average Bonchev–Trinajstić information content (AvgIpc) is 2.73. The van der Waals surface area contributed by atoms with Crippen molar-refractivity contribution in [3.05, 3.63) is 37.0 Å². The molecule has 5 nitrogen and oxygen atoms in total. The van der Waals surface area contributed by atoms with Crippen molar-refractivity contribution >= 4 is 19.9 Å². The molecule has 2 saturated carbocycles. The van der Waals surface area contributed by atoms with Crippen LogP contribution in [0.15, 0.2) is 37.0 Å². The molecule has 2 fully saturated rings. The van der Waals surface area contributed by atoms with Crippen LogP contribution >= 0.6 is 0 Å². The van der Waals surface area contributed by atoms with Gasteiger partial charge in [0.2, 0.25) is 8.32 Å². The number of carbonyl (C=O) groups is 2. The van der Waals surface area contributed by atoms with E-state index in [9.17, 15) is 9.59 Å². The number of rotatable bonds is 4. The molecule has 0 aromatic carbocycles. The van der Waals surface area contributed by atoms with Crippen molar-refractivity contribution < 1.29 is 18.8 Å². The Labute approximate surface area is 209 Å². The third-order valence-electron chi connectivity index (χ3n) is 7.00. The van der Waals surface area contributed by atoms with Crippen LogP contribution < -0.4 is 0 Å². The van der Waals surface area contributed by atoms with Crippen molar-refractivity contribution in [3.8, 4) is 0 Å². The topological polar surface area (TPSA) is 55.8 Å². The molecule has 0 saturated heterocycles. The SMILES string of the molecule is C=C(/C=C/N(C)C)O[Si](C)(C)C(C)(C)C.O=C1C=COC2(CCCCC2)C1.O=C1CCCCC1. The van der Waals surface area contributed by atoms with Crippen LogP contribution in [0, 0.1) is 0 Å². The maximum absolute atomic E-state index is 11.2. The molecule has 0 atom stereocenters. The second kappa shape index (κ2) is 13.9. The first-order valence-corrected chi connectivity index (χ1v) is 15.8. The molecule has 0 aromatic rings. The fourth-order valence-corrected chi connectivity index (χ4v) is 4.89. The molecular weight excluding hydrogens is 442 g/mol. The molecule has 1 heterocycles. The molecule has 0 bridgehead atoms. The molecular formula is C28H49NO4Si. The zero-order valence-corrected chi connectivity index (χ0v) is 23.9. The predicted molar refractivity (Wildman–Crippen MR) is 144 cm³/mol. The van der Waals surface area contributed by atoms with Crippen LogP contribution in [0.3, 0.4) is 0 Å². The minimum absolute atomic E-state index is 0.107. The number of ether oxygens (including phenoxy) is 1. The van der Waals surface area contributed by atoms with E-state index in [1.807, 2.05) is 31.3 Å². The van der Waals surface area contributed by atoms with Crippen molar-refractivity contribution in [2.45, 2.75) is 115 Å². The van der Waals surface area contributed by atoms with E-state index in [1.54, 1.807) is 12.3 Å². The molecule has 0 unspecified atom stereocenters. The highest BCUT2D eigenvalue weighted by Crippen LogP contribution is 2.38. The van der Waals surface area contributed by atoms with Crippen molar-refractivity contribution in [2.75, 3.05) is 14.1 Å². The first-order chi connectivity index (χ1) is 15.8. The smallest absolute Gasteiger partial charge is 0.250 e. The summed E-state index contributed by atoms with van der Waals surface area (Å²) in [6, 6.07) is 0. The number of allylic oxidation sites excluding steroid dienone is 2. The van der Waals surface area contributed by atoms with Crippen LogP contribution in [0.5, 0.6) is 0 Å². The molecule has 1 aliphatic heterocycles. The fraction of sp³-hybridized carbons (Fsp3) is 0.714. The van der Waals surface area contributed by atoms with Crippen LogP contribution in [0.25, 0.3) is 0 Å². The summed E-state index contributed by atoms with van der Waals surface area (Å²) < 4.78 is 11.6. The van der Waals surface area contributed by atoms with Gasteiger partial charge in [-0.1, -0.05) is 40.2 Å². The van der Waals surface area contributed by atoms with Gasteiger partial charge < -0.3 is 14.1 Å². The van der Waals surface area contributed by atoms with Crippen molar-refractivity contribution in [3.63, 3.8) is 0 Å². The number of ketones is 2. The summed E-state index contributed by atoms with van der Waals surface area (Å²) in [6.07, 6.45) is 18.7. The summed E-state index contributed by atoms with van der Waals surface area (Å²) in [5.74, 6) is 1.45. The summed E-state index contributed by atoms with van der Waals surface area (Å²) in [4.78, 5) is 23.6. The maximum atomic E-state index is 11.2. The first kappa shape index (κ1) is 30.2. The molecule has 1 spiro atoms. The van der Waals surface area contributed by atoms with Gasteiger partial charge in [0.1, 0.15) is 11.4 Å². The second-order valence-corrected chi connectivity index (χ2v) is 16.2. The minimum atomic E-state index is -1.71. The minimum Gasteiger partial charge on any atom is -0.544 e. The highest BCUT2D eigenvalue weighted by atomic mass is 28.4. The Morgan fingerprint density at radius 3 is 2.06 bits per heavy atom. The van der Waals surface area contributed by atoms with E-state index in [2.05, 4.69) is 40.4 Å². The van der Waals surface area contributed by atoms with Gasteiger partial charge in [-0.15, -0.1) is 0 Å². The van der Waals surface area contributed by atoms with Crippen LogP contribution in [-0.2, 0) is 18.8 Å². The lowest BCUT2D eigenvalue weighted by Crippen LogP contribution is -2.40. The molecule has 0 radical (unpaired) electrons. The highest BCUT2D eigenvalue weighted by molar-refractivity contribution is 6.74. The molecule has 34 heavy (non-hydrogen) atoms. The lowest BCUT2D eigenvalue weighted by atomic mass is 9.80. The Hall–Kier alpha value is -1.82. The number of nitrogens with zero attached hydrogens (tertiary/aromatic N) is 1. The Balaban J connectivity index is 0.000000270. The highest BCUT2D eigenvalue weighted by Gasteiger charge is 2.39. The van der Waals surface area contributed by atoms with E-state index >= 15 is 0 Å². The maximum Gasteiger partial charge on any atom is 0.250 e. The summed E-state index contributed by atoms with van der Waals surface area (Å²) in [7, 11) is 2.26. The van der Waals surface area contributed by atoms with Gasteiger partial charge in [-0.2, -0.15) is 0 Å². The summed E-state index contributed by atoms with van der Waals surface area (Å²) in [5, 5.41) is 0.224. The van der Waals surface area contributed by atoms with Crippen molar-refractivity contribution in [1.29, 1.82) is 0 Å². The van der Waals surface area contributed by atoms with Crippen LogP contribution in [0.4, 0.5) is 0 Å². The average molecular weight is 492 g/mol. The zero-order valence-electron chi connectivity index (χ0n) is 22.9. The molecule has 0 N–H and O–H groups in total. The Morgan fingerprint density at radius 2 is 1.62 bits per heavy atom. The van der Waals surface area contributed by atoms with E-state index < -0.39 is 8.32 Å². The molecule has 6 heteroatoms. The predicted octanol–water partition coefficient (Wildman–Crippen LogP) is 7.31. The molecule has 3 rings (SSSR count). The van der Waals surface area contributed by atoms with Crippen LogP contribution in [0.1, 0.15) is 91.4 Å². The summed E-state index contributed by atoms with van der Waals surface area (Å²) in [5.41, 5.74) is -0.107.